The van der Waals surface area contributed by atoms with Crippen LogP contribution in [0, 0.1) is 5.92 Å². The first kappa shape index (κ1) is 26.2. The van der Waals surface area contributed by atoms with E-state index in [1.165, 1.54) is 0 Å². The Morgan fingerprint density at radius 3 is 2.45 bits per heavy atom. The van der Waals surface area contributed by atoms with Crippen molar-refractivity contribution in [3.05, 3.63) is 48.0 Å². The van der Waals surface area contributed by atoms with Gasteiger partial charge in [0.15, 0.2) is 29.1 Å². The molecule has 2 amide bonds. The molecule has 8 heteroatoms. The number of amides is 2. The Hall–Kier alpha value is -3.42. The highest BCUT2D eigenvalue weighted by Gasteiger charge is 2.44. The lowest BCUT2D eigenvalue weighted by molar-refractivity contribution is -0.161. The summed E-state index contributed by atoms with van der Waals surface area (Å²) in [5, 5.41) is 0. The van der Waals surface area contributed by atoms with Crippen LogP contribution in [0.3, 0.4) is 0 Å². The van der Waals surface area contributed by atoms with E-state index in [2.05, 4.69) is 6.92 Å². The van der Waals surface area contributed by atoms with Gasteiger partial charge in [-0.2, -0.15) is 0 Å². The van der Waals surface area contributed by atoms with Crippen molar-refractivity contribution in [2.75, 3.05) is 26.8 Å². The average Bonchev–Trinajstić information content (AvgIpc) is 2.91. The number of para-hydroxylation sites is 2. The maximum Gasteiger partial charge on any atom is 0.250 e. The van der Waals surface area contributed by atoms with Gasteiger partial charge in [-0.25, -0.2) is 0 Å². The van der Waals surface area contributed by atoms with Gasteiger partial charge in [-0.15, -0.1) is 0 Å². The lowest BCUT2D eigenvalue weighted by Crippen LogP contribution is -2.60. The second kappa shape index (κ2) is 11.1. The predicted octanol–water partition coefficient (Wildman–Crippen LogP) is 4.61. The molecule has 1 saturated heterocycles. The SMILES string of the molecule is COc1cc(C2C(=O)N(C3CCC(C)CC3)CC(=O)N2CC2COc3ccccc3O2)ccc1OC(C)C. The Labute approximate surface area is 224 Å². The molecule has 38 heavy (non-hydrogen) atoms. The van der Waals surface area contributed by atoms with Crippen LogP contribution in [0.1, 0.15) is 58.1 Å². The van der Waals surface area contributed by atoms with E-state index in [-0.39, 0.29) is 37.0 Å². The molecule has 2 heterocycles. The highest BCUT2D eigenvalue weighted by Crippen LogP contribution is 2.38. The molecule has 5 rings (SSSR count). The fourth-order valence-corrected chi connectivity index (χ4v) is 5.72. The highest BCUT2D eigenvalue weighted by atomic mass is 16.6. The summed E-state index contributed by atoms with van der Waals surface area (Å²) in [5.74, 6) is 2.98. The monoisotopic (exact) mass is 522 g/mol. The van der Waals surface area contributed by atoms with Gasteiger partial charge >= 0.3 is 0 Å². The molecule has 0 bridgehead atoms. The fraction of sp³-hybridized carbons (Fsp3) is 0.533. The van der Waals surface area contributed by atoms with E-state index in [0.29, 0.717) is 41.1 Å². The minimum atomic E-state index is -0.779. The predicted molar refractivity (Wildman–Crippen MR) is 143 cm³/mol. The minimum absolute atomic E-state index is 0.0281. The van der Waals surface area contributed by atoms with Gasteiger partial charge in [-0.1, -0.05) is 25.1 Å². The molecule has 2 atom stereocenters. The van der Waals surface area contributed by atoms with Crippen LogP contribution in [-0.4, -0.2) is 66.7 Å². The van der Waals surface area contributed by atoms with Crippen LogP contribution in [0.2, 0.25) is 0 Å². The molecule has 204 valence electrons. The first-order valence-corrected chi connectivity index (χ1v) is 13.7. The first-order chi connectivity index (χ1) is 18.3. The highest BCUT2D eigenvalue weighted by molar-refractivity contribution is 5.96. The Morgan fingerprint density at radius 2 is 1.74 bits per heavy atom. The quantitative estimate of drug-likeness (QED) is 0.529. The van der Waals surface area contributed by atoms with Gasteiger partial charge in [0.2, 0.25) is 5.91 Å². The molecule has 0 spiro atoms. The maximum atomic E-state index is 14.2. The van der Waals surface area contributed by atoms with Gasteiger partial charge in [0.25, 0.3) is 5.91 Å². The van der Waals surface area contributed by atoms with Gasteiger partial charge in [0, 0.05) is 6.04 Å². The number of ether oxygens (including phenoxy) is 4. The minimum Gasteiger partial charge on any atom is -0.493 e. The molecule has 2 aliphatic heterocycles. The van der Waals surface area contributed by atoms with E-state index in [0.717, 1.165) is 25.7 Å². The zero-order chi connectivity index (χ0) is 26.8. The summed E-state index contributed by atoms with van der Waals surface area (Å²) in [6.45, 7) is 6.78. The molecule has 0 radical (unpaired) electrons. The summed E-state index contributed by atoms with van der Waals surface area (Å²) in [7, 11) is 1.58. The zero-order valence-electron chi connectivity index (χ0n) is 22.7. The van der Waals surface area contributed by atoms with E-state index < -0.39 is 12.1 Å². The van der Waals surface area contributed by atoms with E-state index in [1.807, 2.05) is 61.2 Å². The summed E-state index contributed by atoms with van der Waals surface area (Å²) >= 11 is 0. The van der Waals surface area contributed by atoms with Crippen LogP contribution in [0.4, 0.5) is 0 Å². The largest absolute Gasteiger partial charge is 0.493 e. The number of fused-ring (bicyclic) bond motifs is 1. The third kappa shape index (κ3) is 5.40. The molecule has 0 aromatic heterocycles. The number of hydrogen-bond donors (Lipinski definition) is 0. The molecule has 1 aliphatic carbocycles. The van der Waals surface area contributed by atoms with Crippen molar-refractivity contribution in [3.8, 4) is 23.0 Å². The van der Waals surface area contributed by atoms with Crippen LogP contribution < -0.4 is 18.9 Å². The number of piperazine rings is 1. The van der Waals surface area contributed by atoms with Crippen LogP contribution in [0.15, 0.2) is 42.5 Å². The molecular formula is C30H38N2O6. The number of hydrogen-bond acceptors (Lipinski definition) is 6. The molecule has 0 N–H and O–H groups in total. The van der Waals surface area contributed by atoms with Crippen molar-refractivity contribution in [2.45, 2.75) is 70.7 Å². The van der Waals surface area contributed by atoms with Crippen molar-refractivity contribution in [1.29, 1.82) is 0 Å². The smallest absolute Gasteiger partial charge is 0.250 e. The third-order valence-electron chi connectivity index (χ3n) is 7.71. The summed E-state index contributed by atoms with van der Waals surface area (Å²) in [6, 6.07) is 12.3. The van der Waals surface area contributed by atoms with E-state index in [4.69, 9.17) is 18.9 Å². The number of benzene rings is 2. The molecule has 8 nitrogen and oxygen atoms in total. The molecule has 2 fully saturated rings. The lowest BCUT2D eigenvalue weighted by Gasteiger charge is -2.46. The second-order valence-electron chi connectivity index (χ2n) is 10.9. The number of carbonyl (C=O) groups is 2. The van der Waals surface area contributed by atoms with Crippen LogP contribution >= 0.6 is 0 Å². The van der Waals surface area contributed by atoms with Crippen molar-refractivity contribution in [3.63, 3.8) is 0 Å². The summed E-state index contributed by atoms with van der Waals surface area (Å²) in [4.78, 5) is 31.3. The standard InChI is InChI=1S/C30H38N2O6/c1-19(2)37-26-14-11-21(15-27(26)35-4)29-30(34)31(22-12-9-20(3)10-13-22)17-28(33)32(29)16-23-18-36-24-7-5-6-8-25(24)38-23/h5-8,11,14-15,19-20,22-23,29H,9-10,12-13,16-18H2,1-4H3. The van der Waals surface area contributed by atoms with Crippen LogP contribution in [0.5, 0.6) is 23.0 Å². The summed E-state index contributed by atoms with van der Waals surface area (Å²) in [6.07, 6.45) is 3.57. The van der Waals surface area contributed by atoms with Crippen LogP contribution in [0.25, 0.3) is 0 Å². The first-order valence-electron chi connectivity index (χ1n) is 13.7. The van der Waals surface area contributed by atoms with E-state index in [9.17, 15) is 9.59 Å². The fourth-order valence-electron chi connectivity index (χ4n) is 5.72. The molecule has 1 saturated carbocycles. The Bertz CT molecular complexity index is 1160. The van der Waals surface area contributed by atoms with E-state index >= 15 is 0 Å². The number of carbonyl (C=O) groups excluding carboxylic acids is 2. The zero-order valence-corrected chi connectivity index (χ0v) is 22.7. The maximum absolute atomic E-state index is 14.2. The van der Waals surface area contributed by atoms with Crippen molar-refractivity contribution in [2.24, 2.45) is 5.92 Å². The summed E-state index contributed by atoms with van der Waals surface area (Å²) < 4.78 is 23.6. The molecule has 2 aromatic carbocycles. The topological polar surface area (TPSA) is 77.5 Å². The normalized spacial score (nSPS) is 25.5. The molecule has 2 aromatic rings. The van der Waals surface area contributed by atoms with Gasteiger partial charge in [-0.05, 0) is 75.3 Å². The Balaban J connectivity index is 1.45. The lowest BCUT2D eigenvalue weighted by atomic mass is 9.85. The van der Waals surface area contributed by atoms with Crippen molar-refractivity contribution in [1.82, 2.24) is 9.80 Å². The average molecular weight is 523 g/mol. The number of rotatable bonds is 7. The Morgan fingerprint density at radius 1 is 1.00 bits per heavy atom. The van der Waals surface area contributed by atoms with Gasteiger partial charge < -0.3 is 28.7 Å². The van der Waals surface area contributed by atoms with Gasteiger partial charge in [-0.3, -0.25) is 9.59 Å². The van der Waals surface area contributed by atoms with Gasteiger partial charge in [0.05, 0.1) is 19.8 Å². The van der Waals surface area contributed by atoms with Crippen LogP contribution in [-0.2, 0) is 9.59 Å². The van der Waals surface area contributed by atoms with Crippen molar-refractivity contribution < 1.29 is 28.5 Å². The van der Waals surface area contributed by atoms with Gasteiger partial charge in [0.1, 0.15) is 19.2 Å². The third-order valence-corrected chi connectivity index (χ3v) is 7.71. The molecular weight excluding hydrogens is 484 g/mol. The van der Waals surface area contributed by atoms with E-state index in [1.54, 1.807) is 12.0 Å². The summed E-state index contributed by atoms with van der Waals surface area (Å²) in [5.41, 5.74) is 0.697. The van der Waals surface area contributed by atoms with Crippen molar-refractivity contribution >= 4 is 11.8 Å². The number of methoxy groups -OCH3 is 1. The molecule has 2 unspecified atom stereocenters. The Kier molecular flexibility index (Phi) is 7.68. The molecule has 3 aliphatic rings. The second-order valence-corrected chi connectivity index (χ2v) is 10.9. The number of nitrogens with zero attached hydrogens (tertiary/aromatic N) is 2.